The molecule has 166 valence electrons. The van der Waals surface area contributed by atoms with Crippen LogP contribution in [0.2, 0.25) is 0 Å². The Kier molecular flexibility index (Phi) is 6.66. The molecule has 1 atom stereocenters. The van der Waals surface area contributed by atoms with Gasteiger partial charge in [-0.05, 0) is 57.9 Å². The molecule has 0 aliphatic carbocycles. The molecule has 2 aromatic heterocycles. The van der Waals surface area contributed by atoms with Gasteiger partial charge in [-0.15, -0.1) is 11.3 Å². The molecule has 1 fully saturated rings. The molecule has 1 saturated heterocycles. The SMILES string of the molecule is COC(=O)c1[nH]c(C)c(/C(O)=C2\C(=O)C(=O)N(CCCN(C)C)[C@@H]2c2cccs2)c1C. The Bertz CT molecular complexity index is 1040. The Labute approximate surface area is 185 Å². The first-order valence-electron chi connectivity index (χ1n) is 9.93. The van der Waals surface area contributed by atoms with Crippen molar-refractivity contribution in [3.63, 3.8) is 0 Å². The molecule has 3 heterocycles. The highest BCUT2D eigenvalue weighted by molar-refractivity contribution is 7.10. The number of Topliss-reactive ketones (excluding diaryl/α,β-unsaturated/α-hetero) is 1. The van der Waals surface area contributed by atoms with Crippen molar-refractivity contribution >= 4 is 34.8 Å². The van der Waals surface area contributed by atoms with Crippen LogP contribution in [0.1, 0.15) is 44.6 Å². The van der Waals surface area contributed by atoms with Crippen molar-refractivity contribution in [2.45, 2.75) is 26.3 Å². The van der Waals surface area contributed by atoms with Gasteiger partial charge in [0.05, 0.1) is 18.7 Å². The summed E-state index contributed by atoms with van der Waals surface area (Å²) in [7, 11) is 5.16. The quantitative estimate of drug-likeness (QED) is 0.294. The molecule has 2 N–H and O–H groups in total. The number of ether oxygens (including phenoxy) is 1. The minimum absolute atomic E-state index is 0.0407. The number of nitrogens with one attached hydrogen (secondary N) is 1. The van der Waals surface area contributed by atoms with Gasteiger partial charge in [-0.25, -0.2) is 4.79 Å². The number of rotatable bonds is 7. The van der Waals surface area contributed by atoms with Crippen LogP contribution in [0.25, 0.3) is 5.76 Å². The molecular formula is C22H27N3O5S. The van der Waals surface area contributed by atoms with E-state index < -0.39 is 23.7 Å². The lowest BCUT2D eigenvalue weighted by Gasteiger charge is -2.24. The minimum atomic E-state index is -0.722. The van der Waals surface area contributed by atoms with Crippen molar-refractivity contribution in [1.29, 1.82) is 0 Å². The number of esters is 1. The molecule has 0 bridgehead atoms. The first-order chi connectivity index (χ1) is 14.7. The van der Waals surface area contributed by atoms with Gasteiger partial charge < -0.3 is 24.6 Å². The predicted molar refractivity (Wildman–Crippen MR) is 118 cm³/mol. The largest absolute Gasteiger partial charge is 0.507 e. The zero-order valence-corrected chi connectivity index (χ0v) is 19.1. The summed E-state index contributed by atoms with van der Waals surface area (Å²) in [6.45, 7) is 4.51. The van der Waals surface area contributed by atoms with Crippen LogP contribution in [0.5, 0.6) is 0 Å². The Morgan fingerprint density at radius 3 is 2.61 bits per heavy atom. The number of aryl methyl sites for hydroxylation is 1. The summed E-state index contributed by atoms with van der Waals surface area (Å²) >= 11 is 1.42. The number of aromatic amines is 1. The summed E-state index contributed by atoms with van der Waals surface area (Å²) in [5.41, 5.74) is 1.56. The lowest BCUT2D eigenvalue weighted by atomic mass is 9.97. The zero-order chi connectivity index (χ0) is 22.9. The summed E-state index contributed by atoms with van der Waals surface area (Å²) < 4.78 is 4.79. The second kappa shape index (κ2) is 9.07. The van der Waals surface area contributed by atoms with E-state index in [4.69, 9.17) is 4.74 Å². The highest BCUT2D eigenvalue weighted by Gasteiger charge is 2.46. The minimum Gasteiger partial charge on any atom is -0.507 e. The summed E-state index contributed by atoms with van der Waals surface area (Å²) in [5, 5.41) is 13.1. The molecule has 1 amide bonds. The number of carbonyl (C=O) groups excluding carboxylic acids is 3. The molecule has 0 aromatic carbocycles. The third-order valence-corrected chi connectivity index (χ3v) is 6.35. The number of thiophene rings is 1. The Morgan fingerprint density at radius 2 is 2.03 bits per heavy atom. The average Bonchev–Trinajstić information content (AvgIpc) is 3.40. The van der Waals surface area contributed by atoms with Gasteiger partial charge in [0.25, 0.3) is 11.7 Å². The average molecular weight is 446 g/mol. The Hall–Kier alpha value is -2.91. The van der Waals surface area contributed by atoms with Crippen LogP contribution in [0, 0.1) is 13.8 Å². The lowest BCUT2D eigenvalue weighted by Crippen LogP contribution is -2.32. The van der Waals surface area contributed by atoms with Crippen molar-refractivity contribution in [2.75, 3.05) is 34.3 Å². The molecule has 0 radical (unpaired) electrons. The van der Waals surface area contributed by atoms with Gasteiger partial charge in [-0.2, -0.15) is 0 Å². The van der Waals surface area contributed by atoms with Crippen LogP contribution in [0.15, 0.2) is 23.1 Å². The van der Waals surface area contributed by atoms with Gasteiger partial charge >= 0.3 is 5.97 Å². The van der Waals surface area contributed by atoms with E-state index in [1.165, 1.54) is 23.3 Å². The van der Waals surface area contributed by atoms with Gasteiger partial charge in [-0.3, -0.25) is 9.59 Å². The zero-order valence-electron chi connectivity index (χ0n) is 18.3. The lowest BCUT2D eigenvalue weighted by molar-refractivity contribution is -0.139. The summed E-state index contributed by atoms with van der Waals surface area (Å²) in [5.74, 6) is -2.20. The van der Waals surface area contributed by atoms with E-state index >= 15 is 0 Å². The van der Waals surface area contributed by atoms with Crippen molar-refractivity contribution < 1.29 is 24.2 Å². The van der Waals surface area contributed by atoms with Gasteiger partial charge in [-0.1, -0.05) is 6.07 Å². The second-order valence-corrected chi connectivity index (χ2v) is 8.76. The van der Waals surface area contributed by atoms with E-state index in [0.29, 0.717) is 29.8 Å². The Morgan fingerprint density at radius 1 is 1.32 bits per heavy atom. The third-order valence-electron chi connectivity index (χ3n) is 5.42. The molecule has 3 rings (SSSR count). The maximum absolute atomic E-state index is 13.0. The molecule has 0 saturated carbocycles. The number of aliphatic hydroxyl groups is 1. The molecule has 1 aliphatic rings. The highest BCUT2D eigenvalue weighted by atomic mass is 32.1. The number of carbonyl (C=O) groups is 3. The smallest absolute Gasteiger partial charge is 0.354 e. The van der Waals surface area contributed by atoms with Crippen LogP contribution in [0.3, 0.4) is 0 Å². The first-order valence-corrected chi connectivity index (χ1v) is 10.8. The van der Waals surface area contributed by atoms with Crippen molar-refractivity contribution in [1.82, 2.24) is 14.8 Å². The van der Waals surface area contributed by atoms with Gasteiger partial charge in [0.2, 0.25) is 0 Å². The highest BCUT2D eigenvalue weighted by Crippen LogP contribution is 2.42. The predicted octanol–water partition coefficient (Wildman–Crippen LogP) is 2.85. The summed E-state index contributed by atoms with van der Waals surface area (Å²) in [6, 6.07) is 3.03. The van der Waals surface area contributed by atoms with Crippen molar-refractivity contribution in [2.24, 2.45) is 0 Å². The molecule has 31 heavy (non-hydrogen) atoms. The first kappa shape index (κ1) is 22.8. The van der Waals surface area contributed by atoms with E-state index in [-0.39, 0.29) is 17.0 Å². The molecule has 9 heteroatoms. The topological polar surface area (TPSA) is 103 Å². The van der Waals surface area contributed by atoms with E-state index in [0.717, 1.165) is 11.4 Å². The molecular weight excluding hydrogens is 418 g/mol. The molecule has 8 nitrogen and oxygen atoms in total. The van der Waals surface area contributed by atoms with E-state index in [1.54, 1.807) is 13.8 Å². The normalized spacial score (nSPS) is 18.3. The third kappa shape index (κ3) is 4.15. The summed E-state index contributed by atoms with van der Waals surface area (Å²) in [4.78, 5) is 45.2. The molecule has 0 spiro atoms. The number of amides is 1. The monoisotopic (exact) mass is 445 g/mol. The van der Waals surface area contributed by atoms with Gasteiger partial charge in [0, 0.05) is 22.7 Å². The van der Waals surface area contributed by atoms with E-state index in [2.05, 4.69) is 4.98 Å². The van der Waals surface area contributed by atoms with Crippen LogP contribution in [0.4, 0.5) is 0 Å². The number of methoxy groups -OCH3 is 1. The number of H-pyrrole nitrogens is 1. The molecule has 1 aliphatic heterocycles. The maximum Gasteiger partial charge on any atom is 0.354 e. The van der Waals surface area contributed by atoms with Gasteiger partial charge in [0.1, 0.15) is 11.5 Å². The second-order valence-electron chi connectivity index (χ2n) is 7.78. The standard InChI is InChI=1S/C22H27N3O5S/c1-12-15(13(2)23-17(12)22(29)30-5)19(26)16-18(14-8-6-11-31-14)25(21(28)20(16)27)10-7-9-24(3)4/h6,8,11,18,23,26H,7,9-10H2,1-5H3/b19-16+/t18-/m1/s1. The number of hydrogen-bond acceptors (Lipinski definition) is 7. The van der Waals surface area contributed by atoms with Gasteiger partial charge in [0.15, 0.2) is 0 Å². The van der Waals surface area contributed by atoms with Crippen LogP contribution < -0.4 is 0 Å². The number of hydrogen-bond donors (Lipinski definition) is 2. The van der Waals surface area contributed by atoms with E-state index in [9.17, 15) is 19.5 Å². The fourth-order valence-electron chi connectivity index (χ4n) is 3.96. The van der Waals surface area contributed by atoms with Crippen LogP contribution in [-0.2, 0) is 14.3 Å². The number of likely N-dealkylation sites (tertiary alicyclic amines) is 1. The number of aliphatic hydroxyl groups excluding tert-OH is 1. The Balaban J connectivity index is 2.12. The molecule has 0 unspecified atom stereocenters. The number of nitrogens with zero attached hydrogens (tertiary/aromatic N) is 2. The van der Waals surface area contributed by atoms with Crippen LogP contribution >= 0.6 is 11.3 Å². The van der Waals surface area contributed by atoms with E-state index in [1.807, 2.05) is 36.5 Å². The van der Waals surface area contributed by atoms with Crippen molar-refractivity contribution in [3.05, 3.63) is 50.5 Å². The summed E-state index contributed by atoms with van der Waals surface area (Å²) in [6.07, 6.45) is 0.691. The fourth-order valence-corrected chi connectivity index (χ4v) is 4.80. The van der Waals surface area contributed by atoms with Crippen molar-refractivity contribution in [3.8, 4) is 0 Å². The maximum atomic E-state index is 13.0. The fraction of sp³-hybridized carbons (Fsp3) is 0.409. The number of aromatic nitrogens is 1. The molecule has 2 aromatic rings. The van der Waals surface area contributed by atoms with Crippen LogP contribution in [-0.4, -0.2) is 71.8 Å². The number of ketones is 1.